The minimum Gasteiger partial charge on any atom is -0.444 e. The first-order valence-corrected chi connectivity index (χ1v) is 14.8. The number of nitrogens with two attached hydrogens (primary N) is 1. The fourth-order valence-electron chi connectivity index (χ4n) is 5.34. The van der Waals surface area contributed by atoms with Gasteiger partial charge in [0.2, 0.25) is 0 Å². The summed E-state index contributed by atoms with van der Waals surface area (Å²) in [5, 5.41) is 7.34. The monoisotopic (exact) mass is 639 g/mol. The summed E-state index contributed by atoms with van der Waals surface area (Å²) in [4.78, 5) is 34.0. The van der Waals surface area contributed by atoms with Gasteiger partial charge in [-0.05, 0) is 73.7 Å². The van der Waals surface area contributed by atoms with Crippen molar-refractivity contribution in [3.05, 3.63) is 38.4 Å². The van der Waals surface area contributed by atoms with E-state index in [4.69, 9.17) is 10.5 Å². The Balaban J connectivity index is 1.32. The quantitative estimate of drug-likeness (QED) is 0.394. The van der Waals surface area contributed by atoms with Crippen LogP contribution in [0.2, 0.25) is 0 Å². The van der Waals surface area contributed by atoms with Crippen LogP contribution in [0.4, 0.5) is 25.1 Å². The first kappa shape index (κ1) is 28.5. The van der Waals surface area contributed by atoms with Crippen LogP contribution in [0.5, 0.6) is 0 Å². The average molecular weight is 641 g/mol. The zero-order valence-corrected chi connectivity index (χ0v) is 24.9. The largest absolute Gasteiger partial charge is 0.444 e. The van der Waals surface area contributed by atoms with Crippen LogP contribution < -0.4 is 16.0 Å². The first-order chi connectivity index (χ1) is 18.9. The molecule has 2 aliphatic heterocycles. The van der Waals surface area contributed by atoms with E-state index in [9.17, 15) is 18.4 Å². The summed E-state index contributed by atoms with van der Waals surface area (Å²) in [6, 6.07) is 3.15. The Kier molecular flexibility index (Phi) is 7.92. The number of rotatable bonds is 5. The third kappa shape index (κ3) is 5.87. The summed E-state index contributed by atoms with van der Waals surface area (Å²) >= 11 is 4.34. The van der Waals surface area contributed by atoms with Gasteiger partial charge in [0.1, 0.15) is 22.0 Å². The maximum atomic E-state index is 13.7. The summed E-state index contributed by atoms with van der Waals surface area (Å²) in [5.41, 5.74) is 7.61. The molecule has 2 fully saturated rings. The molecular formula is C26H32BrF2N7O3S. The number of halogens is 3. The lowest BCUT2D eigenvalue weighted by molar-refractivity contribution is 0.0292. The van der Waals surface area contributed by atoms with Gasteiger partial charge in [0, 0.05) is 38.1 Å². The van der Waals surface area contributed by atoms with Crippen molar-refractivity contribution < 1.29 is 23.1 Å². The maximum absolute atomic E-state index is 13.7. The summed E-state index contributed by atoms with van der Waals surface area (Å²) < 4.78 is 35.3. The molecule has 0 aliphatic carbocycles. The minimum atomic E-state index is -2.69. The summed E-state index contributed by atoms with van der Waals surface area (Å²) in [7, 11) is 0. The van der Waals surface area contributed by atoms with Gasteiger partial charge in [-0.25, -0.2) is 23.1 Å². The van der Waals surface area contributed by atoms with E-state index in [2.05, 4.69) is 36.2 Å². The van der Waals surface area contributed by atoms with E-state index in [1.807, 2.05) is 6.07 Å². The lowest BCUT2D eigenvalue weighted by atomic mass is 9.98. The molecule has 0 aromatic carbocycles. The summed E-state index contributed by atoms with van der Waals surface area (Å²) in [5.74, 6) is -0.255. The zero-order valence-electron chi connectivity index (χ0n) is 22.5. The molecule has 3 aromatic rings. The molecule has 2 atom stereocenters. The van der Waals surface area contributed by atoms with Crippen molar-refractivity contribution in [2.24, 2.45) is 0 Å². The lowest BCUT2D eigenvalue weighted by Gasteiger charge is -2.34. The van der Waals surface area contributed by atoms with E-state index in [1.165, 1.54) is 12.4 Å². The van der Waals surface area contributed by atoms with Crippen molar-refractivity contribution in [3.63, 3.8) is 0 Å². The number of aromatic nitrogens is 3. The Morgan fingerprint density at radius 3 is 2.73 bits per heavy atom. The van der Waals surface area contributed by atoms with E-state index in [0.717, 1.165) is 41.0 Å². The lowest BCUT2D eigenvalue weighted by Crippen LogP contribution is -2.47. The third-order valence-electron chi connectivity index (χ3n) is 7.10. The van der Waals surface area contributed by atoms with Gasteiger partial charge in [0.05, 0.1) is 15.4 Å². The standard InChI is InChI=1S/C26H32BrF2N7O3S/c1-26(2,3)39-25(38)35-8-6-14(11-35)16-9-18(22(28)29)40-21(16)24(37)33-15-5-4-7-34(12-15)17-10-19(27)36-20(17)23(30)31-13-32-36/h9-10,13-15,22H,4-8,11-12H2,1-3H3,(H,33,37)(H2,30,31,32)/t14?,15-/m1/s1. The maximum Gasteiger partial charge on any atom is 0.410 e. The molecule has 1 unspecified atom stereocenters. The molecule has 0 spiro atoms. The predicted octanol–water partition coefficient (Wildman–Crippen LogP) is 5.20. The number of thiophene rings is 1. The number of fused-ring (bicyclic) bond motifs is 1. The third-order valence-corrected chi connectivity index (χ3v) is 8.82. The number of nitrogens with zero attached hydrogens (tertiary/aromatic N) is 5. The summed E-state index contributed by atoms with van der Waals surface area (Å²) in [6.07, 6.45) is 0.395. The topological polar surface area (TPSA) is 118 Å². The number of carbonyl (C=O) groups excluding carboxylic acids is 2. The number of hydrogen-bond acceptors (Lipinski definition) is 8. The number of nitrogen functional groups attached to an aromatic ring is 1. The van der Waals surface area contributed by atoms with Gasteiger partial charge in [-0.3, -0.25) is 4.79 Å². The molecule has 10 nitrogen and oxygen atoms in total. The molecular weight excluding hydrogens is 608 g/mol. The van der Waals surface area contributed by atoms with Gasteiger partial charge in [-0.15, -0.1) is 11.3 Å². The Labute approximate surface area is 243 Å². The molecule has 40 heavy (non-hydrogen) atoms. The van der Waals surface area contributed by atoms with Gasteiger partial charge in [-0.1, -0.05) is 0 Å². The predicted molar refractivity (Wildman–Crippen MR) is 152 cm³/mol. The zero-order chi connectivity index (χ0) is 28.8. The highest BCUT2D eigenvalue weighted by Crippen LogP contribution is 2.39. The van der Waals surface area contributed by atoms with Crippen LogP contribution in [-0.2, 0) is 4.74 Å². The molecule has 0 bridgehead atoms. The van der Waals surface area contributed by atoms with Crippen LogP contribution in [-0.4, -0.2) is 69.3 Å². The molecule has 5 heterocycles. The fourth-order valence-corrected chi connectivity index (χ4v) is 6.83. The fraction of sp³-hybridized carbons (Fsp3) is 0.538. The van der Waals surface area contributed by atoms with E-state index in [-0.39, 0.29) is 27.6 Å². The van der Waals surface area contributed by atoms with Gasteiger partial charge in [-0.2, -0.15) is 5.10 Å². The van der Waals surface area contributed by atoms with Crippen LogP contribution in [0, 0.1) is 0 Å². The van der Waals surface area contributed by atoms with Crippen molar-refractivity contribution in [1.29, 1.82) is 0 Å². The Morgan fingerprint density at radius 1 is 1.23 bits per heavy atom. The minimum absolute atomic E-state index is 0.151. The van der Waals surface area contributed by atoms with Crippen LogP contribution in [0.3, 0.4) is 0 Å². The van der Waals surface area contributed by atoms with E-state index in [0.29, 0.717) is 43.0 Å². The molecule has 14 heteroatoms. The highest BCUT2D eigenvalue weighted by atomic mass is 79.9. The first-order valence-electron chi connectivity index (χ1n) is 13.1. The van der Waals surface area contributed by atoms with E-state index < -0.39 is 18.1 Å². The Hall–Kier alpha value is -3.00. The number of anilines is 2. The number of alkyl halides is 2. The highest BCUT2D eigenvalue weighted by Gasteiger charge is 2.35. The normalized spacial score (nSPS) is 20.0. The molecule has 0 saturated carbocycles. The number of hydrogen-bond donors (Lipinski definition) is 2. The van der Waals surface area contributed by atoms with Crippen molar-refractivity contribution >= 4 is 56.3 Å². The number of ether oxygens (including phenoxy) is 1. The smallest absolute Gasteiger partial charge is 0.410 e. The van der Waals surface area contributed by atoms with E-state index in [1.54, 1.807) is 30.2 Å². The second-order valence-corrected chi connectivity index (χ2v) is 13.1. The van der Waals surface area contributed by atoms with Gasteiger partial charge >= 0.3 is 6.09 Å². The van der Waals surface area contributed by atoms with Crippen molar-refractivity contribution in [2.75, 3.05) is 36.8 Å². The molecule has 3 N–H and O–H groups in total. The second-order valence-electron chi connectivity index (χ2n) is 11.2. The molecule has 2 saturated heterocycles. The molecule has 216 valence electrons. The number of likely N-dealkylation sites (tertiary alicyclic amines) is 1. The Bertz CT molecular complexity index is 1420. The molecule has 2 aliphatic rings. The molecule has 0 radical (unpaired) electrons. The van der Waals surface area contributed by atoms with Crippen molar-refractivity contribution in [1.82, 2.24) is 24.8 Å². The average Bonchev–Trinajstić information content (AvgIpc) is 3.61. The highest BCUT2D eigenvalue weighted by molar-refractivity contribution is 9.10. The van der Waals surface area contributed by atoms with Gasteiger partial charge in [0.25, 0.3) is 12.3 Å². The van der Waals surface area contributed by atoms with Crippen LogP contribution >= 0.6 is 27.3 Å². The van der Waals surface area contributed by atoms with Crippen LogP contribution in [0.15, 0.2) is 23.1 Å². The Morgan fingerprint density at radius 2 is 2.00 bits per heavy atom. The molecule has 2 amide bonds. The van der Waals surface area contributed by atoms with Crippen LogP contribution in [0.25, 0.3) is 5.52 Å². The number of nitrogens with one attached hydrogen (secondary N) is 1. The SMILES string of the molecule is CC(C)(C)OC(=O)N1CCC(c2cc(C(F)F)sc2C(=O)N[C@@H]2CCCN(c3cc(Br)n4ncnc(N)c34)C2)C1. The van der Waals surface area contributed by atoms with Gasteiger partial charge < -0.3 is 25.6 Å². The van der Waals surface area contributed by atoms with Crippen LogP contribution in [0.1, 0.15) is 72.5 Å². The number of carbonyl (C=O) groups is 2. The van der Waals surface area contributed by atoms with Crippen molar-refractivity contribution in [3.8, 4) is 0 Å². The van der Waals surface area contributed by atoms with Crippen molar-refractivity contribution in [2.45, 2.75) is 64.0 Å². The summed E-state index contributed by atoms with van der Waals surface area (Å²) in [6.45, 7) is 7.41. The number of amides is 2. The number of piperidine rings is 1. The van der Waals surface area contributed by atoms with Gasteiger partial charge in [0.15, 0.2) is 5.82 Å². The second kappa shape index (κ2) is 11.1. The van der Waals surface area contributed by atoms with E-state index >= 15 is 0 Å². The molecule has 5 rings (SSSR count). The molecule has 3 aromatic heterocycles.